The first-order chi connectivity index (χ1) is 11.3. The number of carbonyl (C=O) groups excluding carboxylic acids is 1. The maximum atomic E-state index is 12.6. The Morgan fingerprint density at radius 1 is 0.826 bits per heavy atom. The maximum Gasteiger partial charge on any atom is 0.243 e. The Morgan fingerprint density at radius 3 is 1.96 bits per heavy atom. The SMILES string of the molecule is O=C(NN=C1C2CC3CC(C2)CC1C3)C1[C@@H]2CCCCCC[C@@H]12. The van der Waals surface area contributed by atoms with Crippen molar-refractivity contribution in [3.05, 3.63) is 0 Å². The topological polar surface area (TPSA) is 41.5 Å². The molecule has 1 amide bonds. The maximum absolute atomic E-state index is 12.6. The van der Waals surface area contributed by atoms with E-state index in [9.17, 15) is 4.79 Å². The number of rotatable bonds is 2. The summed E-state index contributed by atoms with van der Waals surface area (Å²) in [7, 11) is 0. The molecule has 6 aliphatic rings. The molecule has 0 aromatic heterocycles. The highest BCUT2D eigenvalue weighted by Gasteiger charge is 2.53. The molecule has 1 N–H and O–H groups in total. The standard InChI is InChI=1S/C20H30N2O/c23-20(18-16-5-3-1-2-4-6-17(16)18)22-21-19-14-8-12-7-13(10-14)11-15(19)9-12/h12-18H,1-11H2,(H,22,23)/t12?,13?,14?,15?,16-,17-/m1/s1. The second-order valence-corrected chi connectivity index (χ2v) is 9.16. The lowest BCUT2D eigenvalue weighted by Gasteiger charge is -2.50. The third-order valence-electron chi connectivity index (χ3n) is 7.73. The van der Waals surface area contributed by atoms with Crippen LogP contribution in [-0.2, 0) is 4.79 Å². The molecular formula is C20H30N2O. The number of fused-ring (bicyclic) bond motifs is 1. The highest BCUT2D eigenvalue weighted by atomic mass is 16.2. The summed E-state index contributed by atoms with van der Waals surface area (Å²) in [5, 5.41) is 4.71. The van der Waals surface area contributed by atoms with Crippen LogP contribution < -0.4 is 5.43 Å². The summed E-state index contributed by atoms with van der Waals surface area (Å²) in [5.74, 6) is 5.19. The quantitative estimate of drug-likeness (QED) is 0.765. The van der Waals surface area contributed by atoms with Crippen molar-refractivity contribution in [3.8, 4) is 0 Å². The van der Waals surface area contributed by atoms with Crippen LogP contribution in [0.4, 0.5) is 0 Å². The molecule has 0 aromatic carbocycles. The molecular weight excluding hydrogens is 284 g/mol. The Bertz CT molecular complexity index is 482. The van der Waals surface area contributed by atoms with Crippen LogP contribution in [0.25, 0.3) is 0 Å². The smallest absolute Gasteiger partial charge is 0.243 e. The van der Waals surface area contributed by atoms with Gasteiger partial charge in [0.15, 0.2) is 0 Å². The van der Waals surface area contributed by atoms with Gasteiger partial charge < -0.3 is 0 Å². The number of hydrazone groups is 1. The van der Waals surface area contributed by atoms with Gasteiger partial charge in [-0.15, -0.1) is 0 Å². The Morgan fingerprint density at radius 2 is 1.39 bits per heavy atom. The Balaban J connectivity index is 1.23. The van der Waals surface area contributed by atoms with Crippen LogP contribution in [0.5, 0.6) is 0 Å². The van der Waals surface area contributed by atoms with Gasteiger partial charge in [-0.25, -0.2) is 5.43 Å². The van der Waals surface area contributed by atoms with Gasteiger partial charge in [0.2, 0.25) is 5.91 Å². The van der Waals surface area contributed by atoms with Gasteiger partial charge in [-0.05, 0) is 80.5 Å². The molecule has 3 nitrogen and oxygen atoms in total. The van der Waals surface area contributed by atoms with Crippen molar-refractivity contribution < 1.29 is 4.79 Å². The van der Waals surface area contributed by atoms with Crippen molar-refractivity contribution in [1.29, 1.82) is 0 Å². The molecule has 0 unspecified atom stereocenters. The number of hydrogen-bond acceptors (Lipinski definition) is 2. The van der Waals surface area contributed by atoms with Gasteiger partial charge >= 0.3 is 0 Å². The molecule has 3 heteroatoms. The van der Waals surface area contributed by atoms with Gasteiger partial charge in [0, 0.05) is 11.6 Å². The molecule has 0 spiro atoms. The number of hydrogen-bond donors (Lipinski definition) is 1. The summed E-state index contributed by atoms with van der Waals surface area (Å²) in [6, 6.07) is 0. The number of nitrogens with zero attached hydrogens (tertiary/aromatic N) is 1. The number of amides is 1. The normalized spacial score (nSPS) is 47.5. The van der Waals surface area contributed by atoms with Crippen molar-refractivity contribution in [2.24, 2.45) is 46.5 Å². The van der Waals surface area contributed by atoms with E-state index in [2.05, 4.69) is 5.43 Å². The van der Waals surface area contributed by atoms with Gasteiger partial charge in [-0.2, -0.15) is 5.10 Å². The zero-order valence-electron chi connectivity index (χ0n) is 14.2. The highest BCUT2D eigenvalue weighted by Crippen LogP contribution is 2.54. The van der Waals surface area contributed by atoms with Crippen molar-refractivity contribution in [2.45, 2.75) is 70.6 Å². The van der Waals surface area contributed by atoms with Crippen molar-refractivity contribution in [2.75, 3.05) is 0 Å². The average molecular weight is 314 g/mol. The summed E-state index contributed by atoms with van der Waals surface area (Å²) < 4.78 is 0. The lowest BCUT2D eigenvalue weighted by Crippen LogP contribution is -2.46. The minimum Gasteiger partial charge on any atom is -0.273 e. The van der Waals surface area contributed by atoms with Crippen LogP contribution in [0.3, 0.4) is 0 Å². The van der Waals surface area contributed by atoms with E-state index in [-0.39, 0.29) is 11.8 Å². The van der Waals surface area contributed by atoms with E-state index in [0.29, 0.717) is 23.7 Å². The van der Waals surface area contributed by atoms with Gasteiger partial charge in [-0.1, -0.05) is 25.7 Å². The summed E-state index contributed by atoms with van der Waals surface area (Å²) in [6.07, 6.45) is 14.8. The third-order valence-corrected chi connectivity index (χ3v) is 7.73. The fourth-order valence-corrected chi connectivity index (χ4v) is 6.78. The first-order valence-corrected chi connectivity index (χ1v) is 10.2. The molecule has 6 aliphatic carbocycles. The van der Waals surface area contributed by atoms with E-state index in [4.69, 9.17) is 5.10 Å². The van der Waals surface area contributed by atoms with Crippen molar-refractivity contribution in [1.82, 2.24) is 5.43 Å². The van der Waals surface area contributed by atoms with Crippen LogP contribution >= 0.6 is 0 Å². The van der Waals surface area contributed by atoms with Gasteiger partial charge in [0.1, 0.15) is 0 Å². The molecule has 0 radical (unpaired) electrons. The van der Waals surface area contributed by atoms with E-state index in [0.717, 1.165) is 11.8 Å². The highest BCUT2D eigenvalue weighted by molar-refractivity contribution is 5.92. The van der Waals surface area contributed by atoms with Crippen molar-refractivity contribution >= 4 is 11.6 Å². The van der Waals surface area contributed by atoms with E-state index >= 15 is 0 Å². The minimum absolute atomic E-state index is 0.239. The molecule has 4 bridgehead atoms. The predicted molar refractivity (Wildman–Crippen MR) is 90.8 cm³/mol. The second-order valence-electron chi connectivity index (χ2n) is 9.16. The van der Waals surface area contributed by atoms with Gasteiger partial charge in [-0.3, -0.25) is 4.79 Å². The van der Waals surface area contributed by atoms with Crippen molar-refractivity contribution in [3.63, 3.8) is 0 Å². The summed E-state index contributed by atoms with van der Waals surface area (Å²) in [5.41, 5.74) is 4.38. The molecule has 126 valence electrons. The van der Waals surface area contributed by atoms with Crippen LogP contribution in [-0.4, -0.2) is 11.6 Å². The van der Waals surface area contributed by atoms with Crippen LogP contribution in [0.15, 0.2) is 5.10 Å². The molecule has 0 heterocycles. The monoisotopic (exact) mass is 314 g/mol. The first kappa shape index (κ1) is 14.5. The van der Waals surface area contributed by atoms with Crippen LogP contribution in [0.2, 0.25) is 0 Å². The van der Waals surface area contributed by atoms with Crippen LogP contribution in [0, 0.1) is 41.4 Å². The molecule has 6 rings (SSSR count). The molecule has 0 aromatic rings. The first-order valence-electron chi connectivity index (χ1n) is 10.2. The Labute approximate surface area is 139 Å². The number of nitrogens with one attached hydrogen (secondary N) is 1. The molecule has 23 heavy (non-hydrogen) atoms. The largest absolute Gasteiger partial charge is 0.273 e. The fourth-order valence-electron chi connectivity index (χ4n) is 6.78. The third kappa shape index (κ3) is 2.55. The molecule has 2 atom stereocenters. The number of carbonyl (C=O) groups is 1. The minimum atomic E-state index is 0.239. The van der Waals surface area contributed by atoms with E-state index in [1.54, 1.807) is 0 Å². The lowest BCUT2D eigenvalue weighted by atomic mass is 9.55. The zero-order valence-corrected chi connectivity index (χ0v) is 14.2. The molecule has 6 fully saturated rings. The average Bonchev–Trinajstić information content (AvgIpc) is 3.16. The molecule has 0 aliphatic heterocycles. The van der Waals surface area contributed by atoms with E-state index in [1.165, 1.54) is 76.3 Å². The zero-order chi connectivity index (χ0) is 15.4. The second kappa shape index (κ2) is 5.60. The molecule has 6 saturated carbocycles. The predicted octanol–water partition coefficient (Wildman–Crippen LogP) is 4.13. The summed E-state index contributed by atoms with van der Waals surface area (Å²) >= 11 is 0. The van der Waals surface area contributed by atoms with E-state index in [1.807, 2.05) is 0 Å². The lowest BCUT2D eigenvalue weighted by molar-refractivity contribution is -0.122. The van der Waals surface area contributed by atoms with Crippen LogP contribution in [0.1, 0.15) is 70.6 Å². The fraction of sp³-hybridized carbons (Fsp3) is 0.900. The Kier molecular flexibility index (Phi) is 3.52. The summed E-state index contributed by atoms with van der Waals surface area (Å²) in [6.45, 7) is 0. The van der Waals surface area contributed by atoms with Gasteiger partial charge in [0.25, 0.3) is 0 Å². The molecule has 0 saturated heterocycles. The summed E-state index contributed by atoms with van der Waals surface area (Å²) in [4.78, 5) is 12.6. The van der Waals surface area contributed by atoms with Gasteiger partial charge in [0.05, 0.1) is 0 Å². The Hall–Kier alpha value is -0.860. The van der Waals surface area contributed by atoms with E-state index < -0.39 is 0 Å².